The lowest BCUT2D eigenvalue weighted by Crippen LogP contribution is -1.91. The molecular weight excluding hydrogens is 222 g/mol. The number of carboxylic acid groups (broad SMARTS) is 1. The maximum Gasteiger partial charge on any atom is 0.374 e. The van der Waals surface area contributed by atoms with Gasteiger partial charge in [0.15, 0.2) is 0 Å². The first-order valence-electron chi connectivity index (χ1n) is 5.00. The monoisotopic (exact) mass is 233 g/mol. The highest BCUT2D eigenvalue weighted by Gasteiger charge is 2.15. The highest BCUT2D eigenvalue weighted by Crippen LogP contribution is 2.31. The molecule has 88 valence electrons. The second-order valence-electron chi connectivity index (χ2n) is 3.79. The van der Waals surface area contributed by atoms with Crippen LogP contribution < -0.4 is 0 Å². The second-order valence-corrected chi connectivity index (χ2v) is 3.79. The fraction of sp³-hybridized carbons (Fsp3) is 0.167. The number of hydrogen-bond donors (Lipinski definition) is 2. The van der Waals surface area contributed by atoms with Crippen LogP contribution in [0.5, 0.6) is 5.75 Å². The topological polar surface area (TPSA) is 83.6 Å². The number of carboxylic acids is 1. The van der Waals surface area contributed by atoms with Gasteiger partial charge in [-0.2, -0.15) is 0 Å². The molecular formula is C12H11NO4. The Morgan fingerprint density at radius 1 is 1.35 bits per heavy atom. The SMILES string of the molecule is Cc1ccc(-c2cc(C(=O)O)on2)c(C)c1O. The predicted molar refractivity (Wildman–Crippen MR) is 60.0 cm³/mol. The lowest BCUT2D eigenvalue weighted by atomic mass is 10.0. The van der Waals surface area contributed by atoms with Gasteiger partial charge in [-0.25, -0.2) is 4.79 Å². The number of carbonyl (C=O) groups is 1. The Bertz CT molecular complexity index is 586. The van der Waals surface area contributed by atoms with E-state index in [2.05, 4.69) is 9.68 Å². The minimum Gasteiger partial charge on any atom is -0.507 e. The van der Waals surface area contributed by atoms with E-state index in [1.807, 2.05) is 0 Å². The molecule has 0 aliphatic rings. The van der Waals surface area contributed by atoms with Gasteiger partial charge in [0.2, 0.25) is 5.76 Å². The second kappa shape index (κ2) is 3.93. The fourth-order valence-corrected chi connectivity index (χ4v) is 1.62. The summed E-state index contributed by atoms with van der Waals surface area (Å²) in [6, 6.07) is 4.85. The third kappa shape index (κ3) is 1.87. The molecule has 0 fully saturated rings. The molecule has 0 aliphatic heterocycles. The zero-order chi connectivity index (χ0) is 12.6. The van der Waals surface area contributed by atoms with E-state index in [-0.39, 0.29) is 11.5 Å². The molecule has 2 N–H and O–H groups in total. The summed E-state index contributed by atoms with van der Waals surface area (Å²) >= 11 is 0. The van der Waals surface area contributed by atoms with Crippen LogP contribution in [0.2, 0.25) is 0 Å². The van der Waals surface area contributed by atoms with Gasteiger partial charge in [0.05, 0.1) is 0 Å². The third-order valence-corrected chi connectivity index (χ3v) is 2.63. The Hall–Kier alpha value is -2.30. The average molecular weight is 233 g/mol. The molecule has 0 bridgehead atoms. The van der Waals surface area contributed by atoms with Gasteiger partial charge in [-0.1, -0.05) is 17.3 Å². The van der Waals surface area contributed by atoms with Crippen molar-refractivity contribution in [1.82, 2.24) is 5.16 Å². The molecule has 0 atom stereocenters. The van der Waals surface area contributed by atoms with Crippen molar-refractivity contribution in [2.75, 3.05) is 0 Å². The van der Waals surface area contributed by atoms with E-state index in [9.17, 15) is 9.90 Å². The van der Waals surface area contributed by atoms with Gasteiger partial charge >= 0.3 is 5.97 Å². The molecule has 1 aromatic carbocycles. The molecule has 1 aromatic heterocycles. The van der Waals surface area contributed by atoms with Gasteiger partial charge in [-0.15, -0.1) is 0 Å². The Kier molecular flexibility index (Phi) is 2.59. The van der Waals surface area contributed by atoms with Crippen LogP contribution in [0, 0.1) is 13.8 Å². The van der Waals surface area contributed by atoms with Crippen molar-refractivity contribution < 1.29 is 19.5 Å². The molecule has 17 heavy (non-hydrogen) atoms. The molecule has 0 unspecified atom stereocenters. The normalized spacial score (nSPS) is 10.5. The first-order chi connectivity index (χ1) is 8.00. The van der Waals surface area contributed by atoms with Gasteiger partial charge < -0.3 is 14.7 Å². The van der Waals surface area contributed by atoms with Gasteiger partial charge in [0, 0.05) is 17.2 Å². The number of phenolic OH excluding ortho intramolecular Hbond substituents is 1. The summed E-state index contributed by atoms with van der Waals surface area (Å²) in [5.74, 6) is -1.21. The van der Waals surface area contributed by atoms with E-state index in [0.717, 1.165) is 5.56 Å². The van der Waals surface area contributed by atoms with Crippen molar-refractivity contribution in [2.24, 2.45) is 0 Å². The van der Waals surface area contributed by atoms with Gasteiger partial charge in [0.1, 0.15) is 11.4 Å². The lowest BCUT2D eigenvalue weighted by molar-refractivity contribution is 0.0652. The number of nitrogens with zero attached hydrogens (tertiary/aromatic N) is 1. The smallest absolute Gasteiger partial charge is 0.374 e. The van der Waals surface area contributed by atoms with Gasteiger partial charge in [-0.05, 0) is 19.4 Å². The summed E-state index contributed by atoms with van der Waals surface area (Å²) < 4.78 is 4.67. The number of phenols is 1. The molecule has 0 amide bonds. The first kappa shape index (κ1) is 11.2. The number of aryl methyl sites for hydroxylation is 1. The van der Waals surface area contributed by atoms with Crippen LogP contribution in [0.4, 0.5) is 0 Å². The molecule has 2 rings (SSSR count). The molecule has 0 saturated heterocycles. The first-order valence-corrected chi connectivity index (χ1v) is 5.00. The predicted octanol–water partition coefficient (Wildman–Crippen LogP) is 2.36. The van der Waals surface area contributed by atoms with Crippen LogP contribution in [-0.4, -0.2) is 21.3 Å². The van der Waals surface area contributed by atoms with Crippen molar-refractivity contribution in [3.8, 4) is 17.0 Å². The Balaban J connectivity index is 2.53. The number of rotatable bonds is 2. The number of aromatic hydroxyl groups is 1. The molecule has 1 heterocycles. The number of aromatic nitrogens is 1. The van der Waals surface area contributed by atoms with E-state index in [4.69, 9.17) is 5.11 Å². The van der Waals surface area contributed by atoms with Crippen LogP contribution in [0.1, 0.15) is 21.7 Å². The van der Waals surface area contributed by atoms with Crippen molar-refractivity contribution in [2.45, 2.75) is 13.8 Å². The van der Waals surface area contributed by atoms with Crippen LogP contribution in [0.25, 0.3) is 11.3 Å². The van der Waals surface area contributed by atoms with E-state index >= 15 is 0 Å². The van der Waals surface area contributed by atoms with Crippen molar-refractivity contribution >= 4 is 5.97 Å². The van der Waals surface area contributed by atoms with Gasteiger partial charge in [-0.3, -0.25) is 0 Å². The molecule has 2 aromatic rings. The average Bonchev–Trinajstić information content (AvgIpc) is 2.75. The molecule has 0 saturated carbocycles. The molecule has 0 aliphatic carbocycles. The van der Waals surface area contributed by atoms with Crippen LogP contribution in [-0.2, 0) is 0 Å². The minimum atomic E-state index is -1.17. The number of aromatic carboxylic acids is 1. The van der Waals surface area contributed by atoms with Crippen molar-refractivity contribution in [1.29, 1.82) is 0 Å². The summed E-state index contributed by atoms with van der Waals surface area (Å²) in [5, 5.41) is 22.2. The maximum atomic E-state index is 10.7. The Labute approximate surface area is 97.3 Å². The quantitative estimate of drug-likeness (QED) is 0.831. The lowest BCUT2D eigenvalue weighted by Gasteiger charge is -2.06. The summed E-state index contributed by atoms with van der Waals surface area (Å²) in [5.41, 5.74) is 2.46. The fourth-order valence-electron chi connectivity index (χ4n) is 1.62. The van der Waals surface area contributed by atoms with Crippen LogP contribution in [0.15, 0.2) is 22.7 Å². The van der Waals surface area contributed by atoms with E-state index in [0.29, 0.717) is 16.8 Å². The summed E-state index contributed by atoms with van der Waals surface area (Å²) in [6.45, 7) is 3.53. The highest BCUT2D eigenvalue weighted by molar-refractivity contribution is 5.86. The van der Waals surface area contributed by atoms with E-state index in [1.54, 1.807) is 26.0 Å². The van der Waals surface area contributed by atoms with Crippen LogP contribution >= 0.6 is 0 Å². The number of benzene rings is 1. The summed E-state index contributed by atoms with van der Waals surface area (Å²) in [4.78, 5) is 10.7. The van der Waals surface area contributed by atoms with Crippen LogP contribution in [0.3, 0.4) is 0 Å². The molecule has 5 heteroatoms. The molecule has 5 nitrogen and oxygen atoms in total. The van der Waals surface area contributed by atoms with E-state index < -0.39 is 5.97 Å². The number of hydrogen-bond acceptors (Lipinski definition) is 4. The highest BCUT2D eigenvalue weighted by atomic mass is 16.5. The molecule has 0 spiro atoms. The zero-order valence-corrected chi connectivity index (χ0v) is 9.39. The zero-order valence-electron chi connectivity index (χ0n) is 9.39. The summed E-state index contributed by atoms with van der Waals surface area (Å²) in [6.07, 6.45) is 0. The van der Waals surface area contributed by atoms with Crippen molar-refractivity contribution in [3.63, 3.8) is 0 Å². The molecule has 0 radical (unpaired) electrons. The largest absolute Gasteiger partial charge is 0.507 e. The third-order valence-electron chi connectivity index (χ3n) is 2.63. The standard InChI is InChI=1S/C12H11NO4/c1-6-3-4-8(7(2)11(6)14)9-5-10(12(15)16)17-13-9/h3-5,14H,1-2H3,(H,15,16). The minimum absolute atomic E-state index is 0.183. The van der Waals surface area contributed by atoms with Crippen molar-refractivity contribution in [3.05, 3.63) is 35.1 Å². The Morgan fingerprint density at radius 2 is 2.06 bits per heavy atom. The van der Waals surface area contributed by atoms with Gasteiger partial charge in [0.25, 0.3) is 0 Å². The van der Waals surface area contributed by atoms with E-state index in [1.165, 1.54) is 6.07 Å². The maximum absolute atomic E-state index is 10.7. The Morgan fingerprint density at radius 3 is 2.65 bits per heavy atom. The summed E-state index contributed by atoms with van der Waals surface area (Å²) in [7, 11) is 0.